The molecule has 2 aromatic carbocycles. The number of benzene rings is 2. The Kier molecular flexibility index (Phi) is 13.4. The Hall–Kier alpha value is -3.68. The van der Waals surface area contributed by atoms with E-state index in [1.807, 2.05) is 62.4 Å². The minimum Gasteiger partial charge on any atom is -0.303 e. The molecule has 0 bridgehead atoms. The third kappa shape index (κ3) is 12.8. The molecule has 0 aliphatic carbocycles. The number of nitro groups is 2. The summed E-state index contributed by atoms with van der Waals surface area (Å²) in [6.45, 7) is 6.93. The molecule has 0 spiro atoms. The molecule has 0 aromatic heterocycles. The van der Waals surface area contributed by atoms with Gasteiger partial charge in [0, 0.05) is 22.3 Å². The maximum atomic E-state index is 11.0. The molecule has 32 heavy (non-hydrogen) atoms. The Morgan fingerprint density at radius 3 is 1.75 bits per heavy atom. The number of carbonyl (C=O) groups excluding carboxylic acids is 2. The molecule has 0 unspecified atom stereocenters. The maximum Gasteiger partial charge on any atom is 0.235 e. The van der Waals surface area contributed by atoms with Crippen LogP contribution in [-0.4, -0.2) is 29.0 Å². The Balaban J connectivity index is 0.000000518. The first kappa shape index (κ1) is 28.3. The molecule has 0 saturated carbocycles. The fourth-order valence-electron chi connectivity index (χ4n) is 2.40. The van der Waals surface area contributed by atoms with Crippen molar-refractivity contribution in [3.63, 3.8) is 0 Å². The van der Waals surface area contributed by atoms with E-state index in [0.29, 0.717) is 0 Å². The number of carbonyl (C=O) groups is 2. The first-order valence-electron chi connectivity index (χ1n) is 9.98. The molecule has 172 valence electrons. The largest absolute Gasteiger partial charge is 0.303 e. The van der Waals surface area contributed by atoms with Crippen LogP contribution in [0.5, 0.6) is 0 Å². The van der Waals surface area contributed by atoms with Crippen molar-refractivity contribution in [1.82, 2.24) is 0 Å². The molecule has 0 heterocycles. The van der Waals surface area contributed by atoms with Crippen LogP contribution >= 0.6 is 0 Å². The van der Waals surface area contributed by atoms with E-state index >= 15 is 0 Å². The van der Waals surface area contributed by atoms with Crippen LogP contribution in [0.15, 0.2) is 66.9 Å². The highest BCUT2D eigenvalue weighted by molar-refractivity contribution is 5.60. The van der Waals surface area contributed by atoms with E-state index in [2.05, 4.69) is 0 Å². The van der Waals surface area contributed by atoms with Gasteiger partial charge in [-0.1, -0.05) is 88.4 Å². The van der Waals surface area contributed by atoms with Gasteiger partial charge in [0.1, 0.15) is 12.6 Å². The summed E-state index contributed by atoms with van der Waals surface area (Å²) in [6.07, 6.45) is 4.09. The van der Waals surface area contributed by atoms with Crippen molar-refractivity contribution < 1.29 is 19.4 Å². The van der Waals surface area contributed by atoms with E-state index in [9.17, 15) is 29.8 Å². The van der Waals surface area contributed by atoms with Crippen LogP contribution in [0.1, 0.15) is 44.7 Å². The number of hydrogen-bond donors (Lipinski definition) is 0. The summed E-state index contributed by atoms with van der Waals surface area (Å²) >= 11 is 0. The van der Waals surface area contributed by atoms with Crippen molar-refractivity contribution in [1.29, 1.82) is 0 Å². The Bertz CT molecular complexity index is 865. The number of aldehydes is 2. The average molecular weight is 443 g/mol. The summed E-state index contributed by atoms with van der Waals surface area (Å²) in [5.41, 5.74) is 0.939. The summed E-state index contributed by atoms with van der Waals surface area (Å²) in [5, 5.41) is 20.5. The zero-order valence-corrected chi connectivity index (χ0v) is 18.8. The van der Waals surface area contributed by atoms with Gasteiger partial charge in [0.2, 0.25) is 12.7 Å². The summed E-state index contributed by atoms with van der Waals surface area (Å²) < 4.78 is 0. The summed E-state index contributed by atoms with van der Waals surface area (Å²) in [4.78, 5) is 40.2. The van der Waals surface area contributed by atoms with Gasteiger partial charge in [-0.3, -0.25) is 20.2 Å². The van der Waals surface area contributed by atoms with Crippen LogP contribution in [0.25, 0.3) is 6.08 Å². The highest BCUT2D eigenvalue weighted by Gasteiger charge is 2.34. The standard InChI is InChI=1S/C12H15NO3.C8H7NO2.C4H8O/c1-12(2,9-14)11(8-13(15)16)10-6-4-3-5-7-10;10-9(11)7-6-8-4-2-1-3-5-8;1-4(2)3-5/h3-7,9,11H,8H2,1-2H3;1-7H;3-4H,1-2H3/b;7-6+;/t11-;;/m1../s1. The first-order chi connectivity index (χ1) is 15.0. The molecular formula is C24H30N2O6. The number of nitrogens with zero attached hydrogens (tertiary/aromatic N) is 2. The molecule has 0 aliphatic rings. The summed E-state index contributed by atoms with van der Waals surface area (Å²) in [5.74, 6) is -0.184. The second kappa shape index (κ2) is 15.2. The van der Waals surface area contributed by atoms with E-state index in [4.69, 9.17) is 0 Å². The van der Waals surface area contributed by atoms with E-state index < -0.39 is 10.3 Å². The topological polar surface area (TPSA) is 120 Å². The molecule has 0 radical (unpaired) electrons. The maximum absolute atomic E-state index is 11.0. The van der Waals surface area contributed by atoms with Gasteiger partial charge < -0.3 is 9.59 Å². The predicted molar refractivity (Wildman–Crippen MR) is 124 cm³/mol. The van der Waals surface area contributed by atoms with Crippen molar-refractivity contribution in [2.45, 2.75) is 33.6 Å². The van der Waals surface area contributed by atoms with Crippen molar-refractivity contribution in [2.24, 2.45) is 11.3 Å². The SMILES string of the molecule is CC(C)(C=O)[C@H](C[N+](=O)[O-])c1ccccc1.CC(C)C=O.O=[N+]([O-])/C=C/c1ccccc1. The molecule has 1 atom stereocenters. The van der Waals surface area contributed by atoms with Gasteiger partial charge in [0.05, 0.1) is 10.8 Å². The third-order valence-electron chi connectivity index (χ3n) is 4.20. The van der Waals surface area contributed by atoms with Gasteiger partial charge >= 0.3 is 0 Å². The lowest BCUT2D eigenvalue weighted by molar-refractivity contribution is -0.485. The second-order valence-electron chi connectivity index (χ2n) is 7.81. The summed E-state index contributed by atoms with van der Waals surface area (Å²) in [7, 11) is 0. The van der Waals surface area contributed by atoms with Gasteiger partial charge in [-0.05, 0) is 11.1 Å². The minimum atomic E-state index is -0.728. The van der Waals surface area contributed by atoms with Crippen LogP contribution in [0.4, 0.5) is 0 Å². The monoisotopic (exact) mass is 442 g/mol. The van der Waals surface area contributed by atoms with Gasteiger partial charge in [-0.25, -0.2) is 0 Å². The van der Waals surface area contributed by atoms with E-state index in [0.717, 1.165) is 29.9 Å². The van der Waals surface area contributed by atoms with E-state index in [1.54, 1.807) is 26.0 Å². The molecule has 0 amide bonds. The quantitative estimate of drug-likeness (QED) is 0.320. The Morgan fingerprint density at radius 1 is 0.906 bits per heavy atom. The second-order valence-corrected chi connectivity index (χ2v) is 7.81. The zero-order valence-electron chi connectivity index (χ0n) is 18.8. The van der Waals surface area contributed by atoms with Gasteiger partial charge in [0.15, 0.2) is 0 Å². The molecule has 8 nitrogen and oxygen atoms in total. The first-order valence-corrected chi connectivity index (χ1v) is 9.98. The van der Waals surface area contributed by atoms with E-state index in [-0.39, 0.29) is 23.3 Å². The molecule has 0 saturated heterocycles. The molecular weight excluding hydrogens is 412 g/mol. The van der Waals surface area contributed by atoms with Crippen LogP contribution in [0.2, 0.25) is 0 Å². The fraction of sp³-hybridized carbons (Fsp3) is 0.333. The highest BCUT2D eigenvalue weighted by Crippen LogP contribution is 2.33. The van der Waals surface area contributed by atoms with Crippen molar-refractivity contribution in [2.75, 3.05) is 6.54 Å². The Morgan fingerprint density at radius 2 is 1.38 bits per heavy atom. The minimum absolute atomic E-state index is 0.204. The highest BCUT2D eigenvalue weighted by atomic mass is 16.6. The van der Waals surface area contributed by atoms with Crippen molar-refractivity contribution >= 4 is 18.6 Å². The van der Waals surface area contributed by atoms with Crippen molar-refractivity contribution in [3.8, 4) is 0 Å². The van der Waals surface area contributed by atoms with Crippen LogP contribution in [-0.2, 0) is 9.59 Å². The lowest BCUT2D eigenvalue weighted by Gasteiger charge is -2.26. The molecule has 0 aliphatic heterocycles. The van der Waals surface area contributed by atoms with Gasteiger partial charge in [0.25, 0.3) is 0 Å². The van der Waals surface area contributed by atoms with Crippen LogP contribution in [0.3, 0.4) is 0 Å². The lowest BCUT2D eigenvalue weighted by Crippen LogP contribution is -2.29. The molecule has 0 fully saturated rings. The van der Waals surface area contributed by atoms with Crippen LogP contribution < -0.4 is 0 Å². The van der Waals surface area contributed by atoms with Gasteiger partial charge in [-0.2, -0.15) is 0 Å². The third-order valence-corrected chi connectivity index (χ3v) is 4.20. The van der Waals surface area contributed by atoms with E-state index in [1.165, 1.54) is 6.08 Å². The normalized spacial score (nSPS) is 11.4. The Labute approximate surface area is 188 Å². The zero-order chi connectivity index (χ0) is 24.6. The smallest absolute Gasteiger partial charge is 0.235 e. The fourth-order valence-corrected chi connectivity index (χ4v) is 2.40. The average Bonchev–Trinajstić information content (AvgIpc) is 2.78. The molecule has 0 N–H and O–H groups in total. The number of hydrogen-bond acceptors (Lipinski definition) is 6. The predicted octanol–water partition coefficient (Wildman–Crippen LogP) is 5.05. The molecule has 2 aromatic rings. The lowest BCUT2D eigenvalue weighted by atomic mass is 9.76. The summed E-state index contributed by atoms with van der Waals surface area (Å²) in [6, 6.07) is 18.3. The van der Waals surface area contributed by atoms with Crippen LogP contribution in [0, 0.1) is 31.6 Å². The number of rotatable bonds is 8. The van der Waals surface area contributed by atoms with Crippen molar-refractivity contribution in [3.05, 3.63) is 98.2 Å². The molecule has 2 rings (SSSR count). The van der Waals surface area contributed by atoms with Gasteiger partial charge in [-0.15, -0.1) is 0 Å². The molecule has 8 heteroatoms.